The van der Waals surface area contributed by atoms with Crippen molar-refractivity contribution in [3.63, 3.8) is 0 Å². The standard InChI is InChI=1S/C33H31N7O6S/c1-4-40(5-2)47(44,45)26-12-10-11-25(31(26)46-3)38-39-29-23-16-15-21(32(42)36-27-13-6-8-17-34-27)19-22(23)20-24(30(29)41)33(43)37-28-14-7-9-18-35-28/h6-20,41H,4-5H2,1-3H3,(H,34,36,42)(H,35,37,43). The average molecular weight is 654 g/mol. The molecule has 0 bridgehead atoms. The fourth-order valence-corrected chi connectivity index (χ4v) is 6.47. The van der Waals surface area contributed by atoms with Crippen molar-refractivity contribution in [1.82, 2.24) is 14.3 Å². The van der Waals surface area contributed by atoms with Gasteiger partial charge in [-0.3, -0.25) is 9.59 Å². The van der Waals surface area contributed by atoms with Crippen LogP contribution in [-0.2, 0) is 10.0 Å². The molecule has 0 radical (unpaired) electrons. The molecule has 0 aliphatic rings. The maximum absolute atomic E-state index is 13.4. The van der Waals surface area contributed by atoms with Gasteiger partial charge in [0.2, 0.25) is 10.0 Å². The van der Waals surface area contributed by atoms with Gasteiger partial charge in [-0.15, -0.1) is 10.2 Å². The van der Waals surface area contributed by atoms with Crippen LogP contribution in [0.2, 0.25) is 0 Å². The molecule has 0 saturated heterocycles. The number of amides is 2. The highest BCUT2D eigenvalue weighted by Gasteiger charge is 2.27. The first-order valence-corrected chi connectivity index (χ1v) is 15.9. The molecule has 3 N–H and O–H groups in total. The third-order valence-electron chi connectivity index (χ3n) is 7.15. The van der Waals surface area contributed by atoms with Gasteiger partial charge in [0.05, 0.1) is 12.7 Å². The Morgan fingerprint density at radius 3 is 2.11 bits per heavy atom. The van der Waals surface area contributed by atoms with Crippen molar-refractivity contribution in [2.75, 3.05) is 30.8 Å². The number of aromatic nitrogens is 2. The fraction of sp³-hybridized carbons (Fsp3) is 0.152. The van der Waals surface area contributed by atoms with Gasteiger partial charge in [0.15, 0.2) is 11.5 Å². The van der Waals surface area contributed by atoms with E-state index >= 15 is 0 Å². The number of carbonyl (C=O) groups excluding carboxylic acids is 2. The highest BCUT2D eigenvalue weighted by Crippen LogP contribution is 2.42. The summed E-state index contributed by atoms with van der Waals surface area (Å²) in [6, 6.07) is 20.6. The SMILES string of the molecule is CCN(CC)S(=O)(=O)c1cccc(N=Nc2c(O)c(C(=O)Nc3ccccn3)cc3cc(C(=O)Nc4ccccn4)ccc23)c1OC. The highest BCUT2D eigenvalue weighted by atomic mass is 32.2. The number of hydrogen-bond acceptors (Lipinski definition) is 10. The first kappa shape index (κ1) is 32.7. The molecule has 5 rings (SSSR count). The first-order valence-electron chi connectivity index (χ1n) is 14.5. The van der Waals surface area contributed by atoms with E-state index in [2.05, 4.69) is 30.8 Å². The number of phenols is 1. The van der Waals surface area contributed by atoms with Crippen LogP contribution in [0.15, 0.2) is 106 Å². The van der Waals surface area contributed by atoms with Crippen molar-refractivity contribution >= 4 is 55.6 Å². The second kappa shape index (κ2) is 14.1. The lowest BCUT2D eigenvalue weighted by atomic mass is 10.0. The summed E-state index contributed by atoms with van der Waals surface area (Å²) in [5.74, 6) is -1.06. The number of pyridine rings is 2. The van der Waals surface area contributed by atoms with Crippen molar-refractivity contribution in [3.8, 4) is 11.5 Å². The zero-order chi connectivity index (χ0) is 33.6. The number of hydrogen-bond donors (Lipinski definition) is 3. The van der Waals surface area contributed by atoms with Gasteiger partial charge in [-0.25, -0.2) is 18.4 Å². The minimum absolute atomic E-state index is 0.0375. The summed E-state index contributed by atoms with van der Waals surface area (Å²) in [5.41, 5.74) is 0.0698. The topological polar surface area (TPSA) is 176 Å². The molecule has 0 fully saturated rings. The third kappa shape index (κ3) is 6.93. The Hall–Kier alpha value is -5.73. The van der Waals surface area contributed by atoms with Crippen LogP contribution in [0.4, 0.5) is 23.0 Å². The van der Waals surface area contributed by atoms with Gasteiger partial charge in [-0.05, 0) is 60.0 Å². The van der Waals surface area contributed by atoms with Crippen LogP contribution in [0.25, 0.3) is 10.8 Å². The van der Waals surface area contributed by atoms with E-state index in [1.807, 2.05) is 0 Å². The summed E-state index contributed by atoms with van der Waals surface area (Å²) in [5, 5.41) is 26.0. The number of phenolic OH excluding ortho intramolecular Hbond substituents is 1. The van der Waals surface area contributed by atoms with Crippen LogP contribution in [0.5, 0.6) is 11.5 Å². The van der Waals surface area contributed by atoms with Gasteiger partial charge in [0.25, 0.3) is 11.8 Å². The Labute approximate surface area is 271 Å². The number of para-hydroxylation sites is 1. The van der Waals surface area contributed by atoms with Gasteiger partial charge in [0.1, 0.15) is 27.9 Å². The van der Waals surface area contributed by atoms with E-state index < -0.39 is 27.6 Å². The summed E-state index contributed by atoms with van der Waals surface area (Å²) in [4.78, 5) is 34.6. The number of carbonyl (C=O) groups is 2. The molecule has 0 atom stereocenters. The van der Waals surface area contributed by atoms with Crippen molar-refractivity contribution in [1.29, 1.82) is 0 Å². The molecule has 47 heavy (non-hydrogen) atoms. The van der Waals surface area contributed by atoms with Crippen LogP contribution in [0, 0.1) is 0 Å². The number of sulfonamides is 1. The van der Waals surface area contributed by atoms with Crippen LogP contribution < -0.4 is 15.4 Å². The Balaban J connectivity index is 1.62. The summed E-state index contributed by atoms with van der Waals surface area (Å²) in [6.45, 7) is 3.97. The minimum Gasteiger partial charge on any atom is -0.505 e. The predicted octanol–water partition coefficient (Wildman–Crippen LogP) is 6.29. The molecule has 5 aromatic rings. The number of benzene rings is 3. The zero-order valence-electron chi connectivity index (χ0n) is 25.7. The Morgan fingerprint density at radius 1 is 0.851 bits per heavy atom. The normalized spacial score (nSPS) is 11.6. The van der Waals surface area contributed by atoms with Crippen LogP contribution >= 0.6 is 0 Å². The smallest absolute Gasteiger partial charge is 0.260 e. The van der Waals surface area contributed by atoms with Gasteiger partial charge in [-0.1, -0.05) is 38.1 Å². The summed E-state index contributed by atoms with van der Waals surface area (Å²) < 4.78 is 33.5. The molecule has 0 spiro atoms. The van der Waals surface area contributed by atoms with E-state index in [4.69, 9.17) is 4.74 Å². The zero-order valence-corrected chi connectivity index (χ0v) is 26.5. The van der Waals surface area contributed by atoms with E-state index in [0.717, 1.165) is 0 Å². The van der Waals surface area contributed by atoms with Gasteiger partial charge < -0.3 is 20.5 Å². The molecule has 0 aliphatic carbocycles. The second-order valence-corrected chi connectivity index (χ2v) is 11.9. The third-order valence-corrected chi connectivity index (χ3v) is 9.22. The van der Waals surface area contributed by atoms with Crippen molar-refractivity contribution in [3.05, 3.63) is 102 Å². The molecule has 2 amide bonds. The van der Waals surface area contributed by atoms with Gasteiger partial charge in [0, 0.05) is 36.4 Å². The van der Waals surface area contributed by atoms with Crippen molar-refractivity contribution < 1.29 is 27.9 Å². The number of rotatable bonds is 11. The number of fused-ring (bicyclic) bond motifs is 1. The molecule has 2 heterocycles. The average Bonchev–Trinajstić information content (AvgIpc) is 3.08. The number of aromatic hydroxyl groups is 1. The van der Waals surface area contributed by atoms with Gasteiger partial charge >= 0.3 is 0 Å². The Kier molecular flexibility index (Phi) is 9.83. The van der Waals surface area contributed by atoms with Crippen molar-refractivity contribution in [2.45, 2.75) is 18.7 Å². The molecular formula is C33H31N7O6S. The van der Waals surface area contributed by atoms with Crippen molar-refractivity contribution in [2.24, 2.45) is 10.2 Å². The lowest BCUT2D eigenvalue weighted by Crippen LogP contribution is -2.30. The highest BCUT2D eigenvalue weighted by molar-refractivity contribution is 7.89. The molecular weight excluding hydrogens is 622 g/mol. The van der Waals surface area contributed by atoms with Crippen LogP contribution in [-0.4, -0.2) is 59.8 Å². The summed E-state index contributed by atoms with van der Waals surface area (Å²) in [7, 11) is -2.60. The second-order valence-electron chi connectivity index (χ2n) is 9.99. The van der Waals surface area contributed by atoms with Gasteiger partial charge in [-0.2, -0.15) is 4.31 Å². The predicted molar refractivity (Wildman–Crippen MR) is 177 cm³/mol. The summed E-state index contributed by atoms with van der Waals surface area (Å²) in [6.07, 6.45) is 3.05. The Bertz CT molecular complexity index is 2070. The van der Waals surface area contributed by atoms with E-state index in [1.54, 1.807) is 68.6 Å². The lowest BCUT2D eigenvalue weighted by Gasteiger charge is -2.20. The number of methoxy groups -OCH3 is 1. The summed E-state index contributed by atoms with van der Waals surface area (Å²) >= 11 is 0. The molecule has 0 aliphatic heterocycles. The van der Waals surface area contributed by atoms with Crippen LogP contribution in [0.3, 0.4) is 0 Å². The molecule has 240 valence electrons. The first-order chi connectivity index (χ1) is 22.7. The fourth-order valence-electron chi connectivity index (χ4n) is 4.84. The molecule has 0 unspecified atom stereocenters. The lowest BCUT2D eigenvalue weighted by molar-refractivity contribution is 0.101. The quantitative estimate of drug-likeness (QED) is 0.139. The molecule has 13 nitrogen and oxygen atoms in total. The number of nitrogens with zero attached hydrogens (tertiary/aromatic N) is 5. The molecule has 3 aromatic carbocycles. The monoisotopic (exact) mass is 653 g/mol. The maximum Gasteiger partial charge on any atom is 0.260 e. The van der Waals surface area contributed by atoms with E-state index in [1.165, 1.54) is 47.9 Å². The minimum atomic E-state index is -3.92. The van der Waals surface area contributed by atoms with E-state index in [0.29, 0.717) is 16.6 Å². The number of azo groups is 1. The molecule has 0 saturated carbocycles. The van der Waals surface area contributed by atoms with Crippen LogP contribution in [0.1, 0.15) is 34.6 Å². The van der Waals surface area contributed by atoms with E-state index in [-0.39, 0.29) is 52.1 Å². The molecule has 2 aromatic heterocycles. The number of ether oxygens (including phenoxy) is 1. The number of anilines is 2. The maximum atomic E-state index is 13.4. The Morgan fingerprint density at radius 2 is 1.51 bits per heavy atom. The largest absolute Gasteiger partial charge is 0.505 e. The van der Waals surface area contributed by atoms with E-state index in [9.17, 15) is 23.1 Å². The molecule has 14 heteroatoms. The number of nitrogens with one attached hydrogen (secondary N) is 2.